The van der Waals surface area contributed by atoms with Crippen LogP contribution < -0.4 is 0 Å². The Labute approximate surface area is 121 Å². The van der Waals surface area contributed by atoms with E-state index in [1.54, 1.807) is 0 Å². The average Bonchev–Trinajstić information content (AvgIpc) is 2.44. The second kappa shape index (κ2) is 5.21. The number of hydrogen-bond acceptors (Lipinski definition) is 5. The monoisotopic (exact) mass is 281 g/mol. The van der Waals surface area contributed by atoms with E-state index in [0.29, 0.717) is 11.6 Å². The predicted octanol–water partition coefficient (Wildman–Crippen LogP) is -0.134. The molecule has 4 fully saturated rings. The predicted molar refractivity (Wildman–Crippen MR) is 77.0 cm³/mol. The Morgan fingerprint density at radius 1 is 0.950 bits per heavy atom. The summed E-state index contributed by atoms with van der Waals surface area (Å²) in [5, 5.41) is 0. The zero-order valence-corrected chi connectivity index (χ0v) is 12.6. The molecule has 1 atom stereocenters. The molecule has 0 radical (unpaired) electrons. The largest absolute Gasteiger partial charge is 0.381 e. The summed E-state index contributed by atoms with van der Waals surface area (Å²) in [5.74, 6) is 0. The van der Waals surface area contributed by atoms with Gasteiger partial charge >= 0.3 is 0 Å². The van der Waals surface area contributed by atoms with E-state index in [1.165, 1.54) is 39.0 Å². The maximum Gasteiger partial charge on any atom is 0.0635 e. The van der Waals surface area contributed by atoms with Crippen LogP contribution >= 0.6 is 0 Å². The van der Waals surface area contributed by atoms with Crippen molar-refractivity contribution in [2.24, 2.45) is 0 Å². The maximum atomic E-state index is 5.69. The highest BCUT2D eigenvalue weighted by Gasteiger charge is 2.54. The molecule has 4 aliphatic heterocycles. The molecule has 4 aliphatic rings. The van der Waals surface area contributed by atoms with Crippen molar-refractivity contribution in [3.63, 3.8) is 0 Å². The third kappa shape index (κ3) is 2.20. The molecule has 1 spiro atoms. The molecule has 4 saturated heterocycles. The van der Waals surface area contributed by atoms with Gasteiger partial charge in [-0.3, -0.25) is 9.80 Å². The lowest BCUT2D eigenvalue weighted by molar-refractivity contribution is -0.174. The van der Waals surface area contributed by atoms with Crippen LogP contribution in [-0.4, -0.2) is 98.5 Å². The molecule has 5 heteroatoms. The summed E-state index contributed by atoms with van der Waals surface area (Å²) in [6.45, 7) is 9.75. The molecule has 114 valence electrons. The molecule has 5 nitrogen and oxygen atoms in total. The standard InChI is InChI=1S/C15H27N3O2/c1-16-8-14-9-20-7-4-18(14)15(10-16)11-17(12-15)13-2-5-19-6-3-13/h13-14H,2-12H2,1H3. The van der Waals surface area contributed by atoms with Gasteiger partial charge in [0.05, 0.1) is 18.8 Å². The van der Waals surface area contributed by atoms with Crippen LogP contribution in [0.25, 0.3) is 0 Å². The molecule has 0 aromatic heterocycles. The van der Waals surface area contributed by atoms with Crippen molar-refractivity contribution < 1.29 is 9.47 Å². The van der Waals surface area contributed by atoms with Crippen LogP contribution in [0.2, 0.25) is 0 Å². The van der Waals surface area contributed by atoms with Crippen molar-refractivity contribution in [2.75, 3.05) is 66.2 Å². The van der Waals surface area contributed by atoms with Crippen molar-refractivity contribution in [2.45, 2.75) is 30.5 Å². The molecule has 20 heavy (non-hydrogen) atoms. The Morgan fingerprint density at radius 2 is 1.75 bits per heavy atom. The van der Waals surface area contributed by atoms with Gasteiger partial charge in [-0.25, -0.2) is 0 Å². The van der Waals surface area contributed by atoms with Gasteiger partial charge in [0, 0.05) is 58.0 Å². The Kier molecular flexibility index (Phi) is 3.51. The first-order chi connectivity index (χ1) is 9.77. The van der Waals surface area contributed by atoms with Gasteiger partial charge in [0.15, 0.2) is 0 Å². The van der Waals surface area contributed by atoms with E-state index in [2.05, 4.69) is 21.7 Å². The molecule has 0 amide bonds. The second-order valence-electron chi connectivity index (χ2n) is 7.09. The Balaban J connectivity index is 1.44. The van der Waals surface area contributed by atoms with Gasteiger partial charge in [-0.15, -0.1) is 0 Å². The first-order valence-electron chi connectivity index (χ1n) is 8.12. The van der Waals surface area contributed by atoms with Crippen LogP contribution in [0.5, 0.6) is 0 Å². The molecule has 0 N–H and O–H groups in total. The van der Waals surface area contributed by atoms with Crippen molar-refractivity contribution in [3.8, 4) is 0 Å². The van der Waals surface area contributed by atoms with Crippen molar-refractivity contribution in [1.29, 1.82) is 0 Å². The van der Waals surface area contributed by atoms with Crippen LogP contribution in [0.3, 0.4) is 0 Å². The summed E-state index contributed by atoms with van der Waals surface area (Å²) in [6.07, 6.45) is 2.44. The minimum Gasteiger partial charge on any atom is -0.381 e. The summed E-state index contributed by atoms with van der Waals surface area (Å²) < 4.78 is 11.2. The van der Waals surface area contributed by atoms with E-state index >= 15 is 0 Å². The third-order valence-corrected chi connectivity index (χ3v) is 5.63. The molecule has 0 saturated carbocycles. The van der Waals surface area contributed by atoms with E-state index in [-0.39, 0.29) is 0 Å². The smallest absolute Gasteiger partial charge is 0.0635 e. The number of fused-ring (bicyclic) bond motifs is 2. The number of ether oxygens (including phenoxy) is 2. The van der Waals surface area contributed by atoms with Gasteiger partial charge < -0.3 is 14.4 Å². The number of piperazine rings is 1. The number of likely N-dealkylation sites (tertiary alicyclic amines) is 1. The van der Waals surface area contributed by atoms with Crippen LogP contribution in [0.1, 0.15) is 12.8 Å². The SMILES string of the molecule is CN1CC2COCCN2C2(C1)CN(C1CCOCC1)C2. The highest BCUT2D eigenvalue weighted by Crippen LogP contribution is 2.37. The van der Waals surface area contributed by atoms with E-state index in [9.17, 15) is 0 Å². The summed E-state index contributed by atoms with van der Waals surface area (Å²) in [7, 11) is 2.27. The number of morpholine rings is 1. The fourth-order valence-corrected chi connectivity index (χ4v) is 4.75. The van der Waals surface area contributed by atoms with E-state index in [0.717, 1.165) is 39.0 Å². The van der Waals surface area contributed by atoms with Gasteiger partial charge in [-0.1, -0.05) is 0 Å². The minimum atomic E-state index is 0.403. The number of nitrogens with zero attached hydrogens (tertiary/aromatic N) is 3. The Morgan fingerprint density at radius 3 is 2.55 bits per heavy atom. The molecule has 0 aliphatic carbocycles. The molecular formula is C15H27N3O2. The molecule has 0 aromatic rings. The number of likely N-dealkylation sites (N-methyl/N-ethyl adjacent to an activating group) is 1. The van der Waals surface area contributed by atoms with Crippen LogP contribution in [0.4, 0.5) is 0 Å². The van der Waals surface area contributed by atoms with Crippen LogP contribution in [0, 0.1) is 0 Å². The molecule has 4 heterocycles. The summed E-state index contributed by atoms with van der Waals surface area (Å²) in [6, 6.07) is 1.38. The lowest BCUT2D eigenvalue weighted by Crippen LogP contribution is -2.81. The van der Waals surface area contributed by atoms with Gasteiger partial charge in [-0.2, -0.15) is 0 Å². The maximum absolute atomic E-state index is 5.69. The van der Waals surface area contributed by atoms with Gasteiger partial charge in [0.2, 0.25) is 0 Å². The lowest BCUT2D eigenvalue weighted by Gasteiger charge is -2.64. The first kappa shape index (κ1) is 13.5. The fourth-order valence-electron chi connectivity index (χ4n) is 4.75. The van der Waals surface area contributed by atoms with Gasteiger partial charge in [0.1, 0.15) is 0 Å². The van der Waals surface area contributed by atoms with Gasteiger partial charge in [-0.05, 0) is 19.9 Å². The van der Waals surface area contributed by atoms with Crippen molar-refractivity contribution in [3.05, 3.63) is 0 Å². The van der Waals surface area contributed by atoms with Crippen molar-refractivity contribution in [1.82, 2.24) is 14.7 Å². The fraction of sp³-hybridized carbons (Fsp3) is 1.00. The van der Waals surface area contributed by atoms with E-state index in [4.69, 9.17) is 9.47 Å². The van der Waals surface area contributed by atoms with Crippen LogP contribution in [0.15, 0.2) is 0 Å². The quantitative estimate of drug-likeness (QED) is 0.667. The first-order valence-corrected chi connectivity index (χ1v) is 8.12. The second-order valence-corrected chi connectivity index (χ2v) is 7.09. The average molecular weight is 281 g/mol. The highest BCUT2D eigenvalue weighted by molar-refractivity contribution is 5.12. The van der Waals surface area contributed by atoms with E-state index in [1.807, 2.05) is 0 Å². The molecule has 1 unspecified atom stereocenters. The summed E-state index contributed by atoms with van der Waals surface area (Å²) >= 11 is 0. The molecular weight excluding hydrogens is 254 g/mol. The topological polar surface area (TPSA) is 28.2 Å². The third-order valence-electron chi connectivity index (χ3n) is 5.63. The molecule has 4 rings (SSSR count). The normalized spacial score (nSPS) is 36.8. The Bertz CT molecular complexity index is 353. The summed E-state index contributed by atoms with van der Waals surface area (Å²) in [5.41, 5.74) is 0.403. The highest BCUT2D eigenvalue weighted by atomic mass is 16.5. The van der Waals surface area contributed by atoms with E-state index < -0.39 is 0 Å². The van der Waals surface area contributed by atoms with Gasteiger partial charge in [0.25, 0.3) is 0 Å². The zero-order valence-electron chi connectivity index (χ0n) is 12.6. The van der Waals surface area contributed by atoms with Crippen molar-refractivity contribution >= 4 is 0 Å². The minimum absolute atomic E-state index is 0.403. The summed E-state index contributed by atoms with van der Waals surface area (Å²) in [4.78, 5) is 7.98. The molecule has 0 aromatic carbocycles. The Hall–Kier alpha value is -0.200. The molecule has 0 bridgehead atoms. The number of hydrogen-bond donors (Lipinski definition) is 0. The number of rotatable bonds is 1. The van der Waals surface area contributed by atoms with Crippen LogP contribution in [-0.2, 0) is 9.47 Å². The lowest BCUT2D eigenvalue weighted by atomic mass is 9.81. The zero-order chi connectivity index (χ0) is 13.6.